The first kappa shape index (κ1) is 19.7. The third-order valence-electron chi connectivity index (χ3n) is 5.12. The quantitative estimate of drug-likeness (QED) is 0.584. The molecular formula is C23H17ClN2O4. The topological polar surface area (TPSA) is 102 Å². The van der Waals surface area contributed by atoms with Crippen molar-refractivity contribution in [2.24, 2.45) is 5.73 Å². The fraction of sp³-hybridized carbons (Fsp3) is 0.174. The summed E-state index contributed by atoms with van der Waals surface area (Å²) in [6.45, 7) is 0. The fourth-order valence-electron chi connectivity index (χ4n) is 3.71. The second-order valence-corrected chi connectivity index (χ2v) is 7.38. The van der Waals surface area contributed by atoms with Crippen LogP contribution in [-0.4, -0.2) is 11.8 Å². The molecule has 2 aliphatic rings. The van der Waals surface area contributed by atoms with Crippen LogP contribution in [0.1, 0.15) is 41.1 Å². The van der Waals surface area contributed by atoms with E-state index < -0.39 is 11.9 Å². The van der Waals surface area contributed by atoms with Crippen LogP contribution in [0.25, 0.3) is 0 Å². The van der Waals surface area contributed by atoms with Gasteiger partial charge >= 0.3 is 5.97 Å². The van der Waals surface area contributed by atoms with Gasteiger partial charge in [0.1, 0.15) is 23.2 Å². The van der Waals surface area contributed by atoms with Crippen molar-refractivity contribution in [2.45, 2.75) is 25.2 Å². The zero-order valence-corrected chi connectivity index (χ0v) is 16.6. The smallest absolute Gasteiger partial charge is 0.345 e. The minimum absolute atomic E-state index is 0.0187. The number of Topliss-reactive ketones (excluding diaryl/α,β-unsaturated/α-hetero) is 1. The third kappa shape index (κ3) is 3.56. The van der Waals surface area contributed by atoms with E-state index in [0.717, 1.165) is 0 Å². The molecule has 1 heterocycles. The number of hydrogen-bond donors (Lipinski definition) is 1. The Kier molecular flexibility index (Phi) is 5.30. The summed E-state index contributed by atoms with van der Waals surface area (Å²) in [4.78, 5) is 24.9. The molecule has 1 unspecified atom stereocenters. The summed E-state index contributed by atoms with van der Waals surface area (Å²) in [7, 11) is 0. The molecule has 2 N–H and O–H groups in total. The third-order valence-corrected chi connectivity index (χ3v) is 5.45. The van der Waals surface area contributed by atoms with Gasteiger partial charge in [0.25, 0.3) is 0 Å². The number of esters is 1. The van der Waals surface area contributed by atoms with Crippen molar-refractivity contribution in [2.75, 3.05) is 0 Å². The highest BCUT2D eigenvalue weighted by Crippen LogP contribution is 2.43. The first-order chi connectivity index (χ1) is 14.5. The van der Waals surface area contributed by atoms with Gasteiger partial charge in [0.05, 0.1) is 16.5 Å². The van der Waals surface area contributed by atoms with Gasteiger partial charge in [-0.15, -0.1) is 0 Å². The van der Waals surface area contributed by atoms with Crippen molar-refractivity contribution in [1.82, 2.24) is 0 Å². The lowest BCUT2D eigenvalue weighted by Crippen LogP contribution is -2.27. The minimum Gasteiger partial charge on any atom is -0.444 e. The Hall–Kier alpha value is -3.56. The first-order valence-corrected chi connectivity index (χ1v) is 9.78. The Balaban J connectivity index is 1.64. The Morgan fingerprint density at radius 2 is 1.90 bits per heavy atom. The molecule has 1 atom stereocenters. The normalized spacial score (nSPS) is 18.4. The number of nitrogens with zero attached hydrogens (tertiary/aromatic N) is 1. The molecule has 0 amide bonds. The van der Waals surface area contributed by atoms with E-state index in [1.165, 1.54) is 0 Å². The predicted octanol–water partition coefficient (Wildman–Crippen LogP) is 4.37. The molecule has 0 radical (unpaired) electrons. The maximum absolute atomic E-state index is 12.6. The standard InChI is InChI=1S/C23H17ClN2O4/c24-17-5-2-1-4-15(17)23(28)29-14-10-8-13(9-11-14)20-16(12-25)22(26)30-19-7-3-6-18(27)21(19)20/h1-2,4-5,8-11,20H,3,6-7,26H2. The van der Waals surface area contributed by atoms with Gasteiger partial charge in [-0.2, -0.15) is 5.26 Å². The number of carbonyl (C=O) groups excluding carboxylic acids is 2. The van der Waals surface area contributed by atoms with Gasteiger partial charge in [0, 0.05) is 18.4 Å². The summed E-state index contributed by atoms with van der Waals surface area (Å²) >= 11 is 6.04. The van der Waals surface area contributed by atoms with E-state index in [9.17, 15) is 14.9 Å². The van der Waals surface area contributed by atoms with Crippen LogP contribution in [-0.2, 0) is 9.53 Å². The number of ether oxygens (including phenoxy) is 2. The zero-order chi connectivity index (χ0) is 21.3. The Bertz CT molecular complexity index is 1140. The van der Waals surface area contributed by atoms with Crippen molar-refractivity contribution in [3.8, 4) is 11.8 Å². The molecule has 2 aromatic rings. The second kappa shape index (κ2) is 8.05. The molecule has 4 rings (SSSR count). The van der Waals surface area contributed by atoms with E-state index in [4.69, 9.17) is 26.8 Å². The van der Waals surface area contributed by atoms with Crippen molar-refractivity contribution < 1.29 is 19.1 Å². The second-order valence-electron chi connectivity index (χ2n) is 6.98. The van der Waals surface area contributed by atoms with E-state index in [2.05, 4.69) is 6.07 Å². The van der Waals surface area contributed by atoms with Crippen LogP contribution in [0, 0.1) is 11.3 Å². The van der Waals surface area contributed by atoms with Crippen molar-refractivity contribution in [1.29, 1.82) is 5.26 Å². The van der Waals surface area contributed by atoms with Crippen LogP contribution >= 0.6 is 11.6 Å². The number of halogens is 1. The Morgan fingerprint density at radius 3 is 2.60 bits per heavy atom. The van der Waals surface area contributed by atoms with Crippen LogP contribution in [0.15, 0.2) is 71.3 Å². The lowest BCUT2D eigenvalue weighted by Gasteiger charge is -2.31. The van der Waals surface area contributed by atoms with Gasteiger partial charge in [-0.05, 0) is 36.2 Å². The van der Waals surface area contributed by atoms with E-state index in [0.29, 0.717) is 46.9 Å². The highest BCUT2D eigenvalue weighted by Gasteiger charge is 2.37. The summed E-state index contributed by atoms with van der Waals surface area (Å²) in [5.74, 6) is -0.355. The summed E-state index contributed by atoms with van der Waals surface area (Å²) in [5.41, 5.74) is 7.58. The molecule has 0 aromatic heterocycles. The van der Waals surface area contributed by atoms with E-state index >= 15 is 0 Å². The predicted molar refractivity (Wildman–Crippen MR) is 109 cm³/mol. The molecule has 30 heavy (non-hydrogen) atoms. The largest absolute Gasteiger partial charge is 0.444 e. The summed E-state index contributed by atoms with van der Waals surface area (Å²) in [6, 6.07) is 15.3. The van der Waals surface area contributed by atoms with E-state index in [1.807, 2.05) is 0 Å². The molecule has 7 heteroatoms. The average molecular weight is 421 g/mol. The van der Waals surface area contributed by atoms with Crippen LogP contribution in [0.2, 0.25) is 5.02 Å². The van der Waals surface area contributed by atoms with Gasteiger partial charge in [-0.25, -0.2) is 4.79 Å². The van der Waals surface area contributed by atoms with Crippen molar-refractivity contribution in [3.05, 3.63) is 87.5 Å². The molecule has 6 nitrogen and oxygen atoms in total. The highest BCUT2D eigenvalue weighted by molar-refractivity contribution is 6.33. The number of hydrogen-bond acceptors (Lipinski definition) is 6. The number of ketones is 1. The fourth-order valence-corrected chi connectivity index (χ4v) is 3.92. The summed E-state index contributed by atoms with van der Waals surface area (Å²) in [6.07, 6.45) is 1.70. The van der Waals surface area contributed by atoms with Crippen LogP contribution < -0.4 is 10.5 Å². The number of allylic oxidation sites excluding steroid dienone is 3. The monoisotopic (exact) mass is 420 g/mol. The lowest BCUT2D eigenvalue weighted by atomic mass is 9.77. The zero-order valence-electron chi connectivity index (χ0n) is 15.9. The first-order valence-electron chi connectivity index (χ1n) is 9.40. The van der Waals surface area contributed by atoms with Crippen LogP contribution in [0.3, 0.4) is 0 Å². The lowest BCUT2D eigenvalue weighted by molar-refractivity contribution is -0.116. The van der Waals surface area contributed by atoms with Crippen molar-refractivity contribution in [3.63, 3.8) is 0 Å². The number of rotatable bonds is 3. The van der Waals surface area contributed by atoms with E-state index in [-0.39, 0.29) is 22.8 Å². The van der Waals surface area contributed by atoms with Gasteiger partial charge in [0.15, 0.2) is 5.78 Å². The molecule has 0 saturated carbocycles. The molecule has 0 fully saturated rings. The van der Waals surface area contributed by atoms with E-state index in [1.54, 1.807) is 48.5 Å². The molecule has 1 aliphatic heterocycles. The molecule has 0 spiro atoms. The van der Waals surface area contributed by atoms with Gasteiger partial charge < -0.3 is 15.2 Å². The molecule has 0 bridgehead atoms. The maximum Gasteiger partial charge on any atom is 0.345 e. The number of benzene rings is 2. The molecular weight excluding hydrogens is 404 g/mol. The molecule has 1 aliphatic carbocycles. The number of nitriles is 1. The van der Waals surface area contributed by atoms with Gasteiger partial charge in [-0.1, -0.05) is 35.9 Å². The van der Waals surface area contributed by atoms with Gasteiger partial charge in [0.2, 0.25) is 5.88 Å². The van der Waals surface area contributed by atoms with Crippen LogP contribution in [0.5, 0.6) is 5.75 Å². The number of nitrogens with two attached hydrogens (primary N) is 1. The highest BCUT2D eigenvalue weighted by atomic mass is 35.5. The van der Waals surface area contributed by atoms with Gasteiger partial charge in [-0.3, -0.25) is 4.79 Å². The number of carbonyl (C=O) groups is 2. The molecule has 0 saturated heterocycles. The van der Waals surface area contributed by atoms with Crippen molar-refractivity contribution >= 4 is 23.4 Å². The summed E-state index contributed by atoms with van der Waals surface area (Å²) < 4.78 is 11.0. The maximum atomic E-state index is 12.6. The SMILES string of the molecule is N#CC1=C(N)OC2=C(C(=O)CCC2)C1c1ccc(OC(=O)c2ccccc2Cl)cc1. The molecule has 150 valence electrons. The summed E-state index contributed by atoms with van der Waals surface area (Å²) in [5, 5.41) is 9.91. The Labute approximate surface area is 178 Å². The average Bonchev–Trinajstić information content (AvgIpc) is 2.74. The Morgan fingerprint density at radius 1 is 1.17 bits per heavy atom. The van der Waals surface area contributed by atoms with Crippen LogP contribution in [0.4, 0.5) is 0 Å². The molecule has 2 aromatic carbocycles. The minimum atomic E-state index is -0.597.